The standard InChI is InChI=1S/C19H16F3N3O3S/c1-25-11-10-23-17(25)16(12-2-6-14(20)7-3-12)24-18(26)13-4-8-15(9-5-13)29(27,28)19(21)22/h2-11,16,19H,1H3,(H,24,26). The Morgan fingerprint density at radius 2 is 1.69 bits per heavy atom. The van der Waals surface area contributed by atoms with Gasteiger partial charge < -0.3 is 9.88 Å². The summed E-state index contributed by atoms with van der Waals surface area (Å²) in [5.41, 5.74) is 0.644. The lowest BCUT2D eigenvalue weighted by Crippen LogP contribution is -2.31. The van der Waals surface area contributed by atoms with Crippen LogP contribution in [-0.4, -0.2) is 29.6 Å². The van der Waals surface area contributed by atoms with Crippen LogP contribution in [-0.2, 0) is 16.9 Å². The van der Waals surface area contributed by atoms with Crippen LogP contribution >= 0.6 is 0 Å². The van der Waals surface area contributed by atoms with Crippen LogP contribution in [0.4, 0.5) is 13.2 Å². The molecule has 0 saturated carbocycles. The van der Waals surface area contributed by atoms with E-state index in [2.05, 4.69) is 10.3 Å². The molecule has 1 heterocycles. The zero-order valence-corrected chi connectivity index (χ0v) is 15.9. The van der Waals surface area contributed by atoms with Crippen molar-refractivity contribution >= 4 is 15.7 Å². The summed E-state index contributed by atoms with van der Waals surface area (Å²) < 4.78 is 63.2. The number of halogens is 3. The lowest BCUT2D eigenvalue weighted by Gasteiger charge is -2.19. The van der Waals surface area contributed by atoms with Crippen molar-refractivity contribution in [1.29, 1.82) is 0 Å². The normalized spacial score (nSPS) is 12.7. The predicted octanol–water partition coefficient (Wildman–Crippen LogP) is 3.07. The van der Waals surface area contributed by atoms with E-state index in [1.54, 1.807) is 24.0 Å². The minimum atomic E-state index is -4.74. The molecule has 0 bridgehead atoms. The monoisotopic (exact) mass is 423 g/mol. The fraction of sp³-hybridized carbons (Fsp3) is 0.158. The third kappa shape index (κ3) is 4.32. The number of carbonyl (C=O) groups is 1. The van der Waals surface area contributed by atoms with Gasteiger partial charge in [-0.2, -0.15) is 8.78 Å². The Morgan fingerprint density at radius 1 is 1.07 bits per heavy atom. The van der Waals surface area contributed by atoms with Gasteiger partial charge in [0.2, 0.25) is 9.84 Å². The van der Waals surface area contributed by atoms with Gasteiger partial charge in [0.1, 0.15) is 17.7 Å². The number of nitrogens with zero attached hydrogens (tertiary/aromatic N) is 2. The fourth-order valence-corrected chi connectivity index (χ4v) is 3.44. The second-order valence-electron chi connectivity index (χ2n) is 6.18. The van der Waals surface area contributed by atoms with Crippen molar-refractivity contribution in [3.8, 4) is 0 Å². The summed E-state index contributed by atoms with van der Waals surface area (Å²) in [4.78, 5) is 16.3. The smallest absolute Gasteiger partial charge is 0.338 e. The number of aromatic nitrogens is 2. The van der Waals surface area contributed by atoms with Gasteiger partial charge >= 0.3 is 5.76 Å². The van der Waals surface area contributed by atoms with Gasteiger partial charge in [0, 0.05) is 25.0 Å². The van der Waals surface area contributed by atoms with Gasteiger partial charge in [0.15, 0.2) is 0 Å². The Bertz CT molecular complexity index is 1110. The molecule has 2 aromatic carbocycles. The molecule has 1 amide bonds. The van der Waals surface area contributed by atoms with Crippen molar-refractivity contribution in [2.45, 2.75) is 16.7 Å². The highest BCUT2D eigenvalue weighted by atomic mass is 32.2. The molecule has 0 radical (unpaired) electrons. The minimum absolute atomic E-state index is 0.0690. The molecule has 1 N–H and O–H groups in total. The van der Waals surface area contributed by atoms with Gasteiger partial charge in [0.05, 0.1) is 4.90 Å². The number of carbonyl (C=O) groups excluding carboxylic acids is 1. The van der Waals surface area contributed by atoms with Crippen LogP contribution in [0.5, 0.6) is 0 Å². The molecular weight excluding hydrogens is 407 g/mol. The number of imidazole rings is 1. The topological polar surface area (TPSA) is 81.1 Å². The number of benzene rings is 2. The van der Waals surface area contributed by atoms with Crippen molar-refractivity contribution < 1.29 is 26.4 Å². The van der Waals surface area contributed by atoms with E-state index in [0.29, 0.717) is 11.4 Å². The molecule has 0 fully saturated rings. The van der Waals surface area contributed by atoms with Crippen LogP contribution in [0.15, 0.2) is 65.8 Å². The Hall–Kier alpha value is -3.14. The lowest BCUT2D eigenvalue weighted by molar-refractivity contribution is 0.0941. The summed E-state index contributed by atoms with van der Waals surface area (Å²) in [7, 11) is -3.01. The number of nitrogens with one attached hydrogen (secondary N) is 1. The SMILES string of the molecule is Cn1ccnc1C(NC(=O)c1ccc(S(=O)(=O)C(F)F)cc1)c1ccc(F)cc1. The van der Waals surface area contributed by atoms with E-state index in [0.717, 1.165) is 24.3 Å². The minimum Gasteiger partial charge on any atom is -0.338 e. The molecule has 0 spiro atoms. The molecule has 1 unspecified atom stereocenters. The van der Waals surface area contributed by atoms with Crippen LogP contribution in [0.1, 0.15) is 27.8 Å². The molecule has 3 aromatic rings. The number of aryl methyl sites for hydroxylation is 1. The number of hydrogen-bond donors (Lipinski definition) is 1. The number of rotatable bonds is 6. The molecule has 0 aliphatic carbocycles. The number of alkyl halides is 2. The average molecular weight is 423 g/mol. The van der Waals surface area contributed by atoms with Crippen LogP contribution in [0.25, 0.3) is 0 Å². The third-order valence-corrected chi connectivity index (χ3v) is 5.67. The van der Waals surface area contributed by atoms with E-state index < -0.39 is 38.3 Å². The molecule has 0 saturated heterocycles. The molecule has 0 aliphatic rings. The van der Waals surface area contributed by atoms with E-state index >= 15 is 0 Å². The fourth-order valence-electron chi connectivity index (χ4n) is 2.72. The first kappa shape index (κ1) is 20.6. The Kier molecular flexibility index (Phi) is 5.73. The first-order chi connectivity index (χ1) is 13.7. The van der Waals surface area contributed by atoms with Crippen LogP contribution in [0, 0.1) is 5.82 Å². The van der Waals surface area contributed by atoms with Crippen molar-refractivity contribution in [3.05, 3.63) is 83.7 Å². The summed E-state index contributed by atoms with van der Waals surface area (Å²) >= 11 is 0. The van der Waals surface area contributed by atoms with E-state index in [-0.39, 0.29) is 5.56 Å². The highest BCUT2D eigenvalue weighted by molar-refractivity contribution is 7.91. The van der Waals surface area contributed by atoms with E-state index in [4.69, 9.17) is 0 Å². The molecule has 1 aromatic heterocycles. The predicted molar refractivity (Wildman–Crippen MR) is 98.5 cm³/mol. The number of hydrogen-bond acceptors (Lipinski definition) is 4. The highest BCUT2D eigenvalue weighted by Crippen LogP contribution is 2.22. The van der Waals surface area contributed by atoms with Crippen LogP contribution in [0.2, 0.25) is 0 Å². The maximum atomic E-state index is 13.3. The average Bonchev–Trinajstić information content (AvgIpc) is 3.12. The largest absolute Gasteiger partial charge is 0.341 e. The van der Waals surface area contributed by atoms with E-state index in [1.807, 2.05) is 0 Å². The number of amides is 1. The Balaban J connectivity index is 1.89. The summed E-state index contributed by atoms with van der Waals surface area (Å²) in [5.74, 6) is -4.08. The summed E-state index contributed by atoms with van der Waals surface area (Å²) in [6.45, 7) is 0. The van der Waals surface area contributed by atoms with Crippen LogP contribution < -0.4 is 5.32 Å². The molecule has 10 heteroatoms. The molecule has 3 rings (SSSR count). The van der Waals surface area contributed by atoms with Gasteiger partial charge in [-0.3, -0.25) is 4.79 Å². The number of sulfone groups is 1. The second kappa shape index (κ2) is 8.08. The third-order valence-electron chi connectivity index (χ3n) is 4.28. The highest BCUT2D eigenvalue weighted by Gasteiger charge is 2.27. The molecule has 152 valence electrons. The summed E-state index contributed by atoms with van der Waals surface area (Å²) in [5, 5.41) is 2.75. The quantitative estimate of drug-likeness (QED) is 0.661. The summed E-state index contributed by atoms with van der Waals surface area (Å²) in [6.07, 6.45) is 3.23. The van der Waals surface area contributed by atoms with Gasteiger partial charge in [-0.15, -0.1) is 0 Å². The maximum Gasteiger partial charge on any atom is 0.341 e. The zero-order valence-electron chi connectivity index (χ0n) is 15.1. The lowest BCUT2D eigenvalue weighted by atomic mass is 10.1. The van der Waals surface area contributed by atoms with Crippen molar-refractivity contribution in [3.63, 3.8) is 0 Å². The van der Waals surface area contributed by atoms with Crippen molar-refractivity contribution in [1.82, 2.24) is 14.9 Å². The van der Waals surface area contributed by atoms with Crippen molar-refractivity contribution in [2.75, 3.05) is 0 Å². The first-order valence-corrected chi connectivity index (χ1v) is 9.90. The Labute approximate surface area is 164 Å². The van der Waals surface area contributed by atoms with Crippen molar-refractivity contribution in [2.24, 2.45) is 7.05 Å². The first-order valence-electron chi connectivity index (χ1n) is 8.36. The second-order valence-corrected chi connectivity index (χ2v) is 8.10. The summed E-state index contributed by atoms with van der Waals surface area (Å²) in [6, 6.07) is 8.99. The molecular formula is C19H16F3N3O3S. The van der Waals surface area contributed by atoms with Gasteiger partial charge in [-0.1, -0.05) is 12.1 Å². The van der Waals surface area contributed by atoms with E-state index in [1.165, 1.54) is 24.3 Å². The Morgan fingerprint density at radius 3 is 2.21 bits per heavy atom. The molecule has 29 heavy (non-hydrogen) atoms. The van der Waals surface area contributed by atoms with Gasteiger partial charge in [-0.05, 0) is 42.0 Å². The van der Waals surface area contributed by atoms with E-state index in [9.17, 15) is 26.4 Å². The van der Waals surface area contributed by atoms with Crippen LogP contribution in [0.3, 0.4) is 0 Å². The molecule has 1 atom stereocenters. The molecule has 6 nitrogen and oxygen atoms in total. The maximum absolute atomic E-state index is 13.3. The van der Waals surface area contributed by atoms with Gasteiger partial charge in [-0.25, -0.2) is 17.8 Å². The molecule has 0 aliphatic heterocycles. The zero-order chi connectivity index (χ0) is 21.2. The van der Waals surface area contributed by atoms with Gasteiger partial charge in [0.25, 0.3) is 5.91 Å².